The molecule has 0 heterocycles. The first-order chi connectivity index (χ1) is 8.06. The van der Waals surface area contributed by atoms with E-state index in [-0.39, 0.29) is 11.9 Å². The van der Waals surface area contributed by atoms with Gasteiger partial charge < -0.3 is 11.1 Å². The van der Waals surface area contributed by atoms with E-state index in [0.29, 0.717) is 12.3 Å². The van der Waals surface area contributed by atoms with Crippen molar-refractivity contribution in [1.29, 1.82) is 0 Å². The topological polar surface area (TPSA) is 55.1 Å². The van der Waals surface area contributed by atoms with Crippen LogP contribution >= 0.6 is 38.5 Å². The van der Waals surface area contributed by atoms with Crippen molar-refractivity contribution in [2.24, 2.45) is 11.7 Å². The van der Waals surface area contributed by atoms with Gasteiger partial charge >= 0.3 is 0 Å². The van der Waals surface area contributed by atoms with Gasteiger partial charge in [-0.3, -0.25) is 4.79 Å². The van der Waals surface area contributed by atoms with Crippen LogP contribution in [0, 0.1) is 9.49 Å². The third-order valence-corrected chi connectivity index (χ3v) is 4.29. The van der Waals surface area contributed by atoms with Gasteiger partial charge in [0.15, 0.2) is 0 Å². The average Bonchev–Trinajstić information content (AvgIpc) is 3.06. The SMILES string of the molecule is NC(CC(=O)Nc1cc(Br)ccc1I)C1CC1. The maximum Gasteiger partial charge on any atom is 0.225 e. The molecule has 0 spiro atoms. The van der Waals surface area contributed by atoms with Gasteiger partial charge in [-0.15, -0.1) is 0 Å². The fraction of sp³-hybridized carbons (Fsp3) is 0.417. The lowest BCUT2D eigenvalue weighted by Crippen LogP contribution is -2.29. The molecule has 0 saturated heterocycles. The lowest BCUT2D eigenvalue weighted by Gasteiger charge is -2.11. The molecule has 0 radical (unpaired) electrons. The van der Waals surface area contributed by atoms with Crippen molar-refractivity contribution in [3.63, 3.8) is 0 Å². The molecule has 3 nitrogen and oxygen atoms in total. The van der Waals surface area contributed by atoms with Crippen LogP contribution in [0.25, 0.3) is 0 Å². The lowest BCUT2D eigenvalue weighted by molar-refractivity contribution is -0.116. The first-order valence-electron chi connectivity index (χ1n) is 5.57. The third kappa shape index (κ3) is 3.93. The normalized spacial score (nSPS) is 16.6. The van der Waals surface area contributed by atoms with E-state index in [2.05, 4.69) is 43.8 Å². The van der Waals surface area contributed by atoms with Crippen LogP contribution in [0.4, 0.5) is 5.69 Å². The molecule has 92 valence electrons. The molecule has 3 N–H and O–H groups in total. The van der Waals surface area contributed by atoms with Crippen molar-refractivity contribution in [2.45, 2.75) is 25.3 Å². The summed E-state index contributed by atoms with van der Waals surface area (Å²) in [7, 11) is 0. The molecule has 0 aliphatic heterocycles. The maximum absolute atomic E-state index is 11.8. The zero-order valence-corrected chi connectivity index (χ0v) is 13.0. The predicted octanol–water partition coefficient (Wildman–Crippen LogP) is 3.12. The molecular weight excluding hydrogens is 395 g/mol. The summed E-state index contributed by atoms with van der Waals surface area (Å²) in [5.74, 6) is 0.558. The zero-order valence-electron chi connectivity index (χ0n) is 9.25. The third-order valence-electron chi connectivity index (χ3n) is 2.85. The Morgan fingerprint density at radius 2 is 2.29 bits per heavy atom. The first kappa shape index (κ1) is 13.3. The minimum absolute atomic E-state index is 0.000385. The number of nitrogens with one attached hydrogen (secondary N) is 1. The Morgan fingerprint density at radius 3 is 2.94 bits per heavy atom. The summed E-state index contributed by atoms with van der Waals surface area (Å²) in [4.78, 5) is 11.8. The number of hydrogen-bond acceptors (Lipinski definition) is 2. The Labute approximate surface area is 123 Å². The molecule has 5 heteroatoms. The molecule has 1 aromatic carbocycles. The Kier molecular flexibility index (Phi) is 4.43. The summed E-state index contributed by atoms with van der Waals surface area (Å²) >= 11 is 5.59. The Morgan fingerprint density at radius 1 is 1.59 bits per heavy atom. The molecular formula is C12H14BrIN2O. The fourth-order valence-corrected chi connectivity index (χ4v) is 2.53. The van der Waals surface area contributed by atoms with E-state index in [9.17, 15) is 4.79 Å². The summed E-state index contributed by atoms with van der Waals surface area (Å²) in [5.41, 5.74) is 6.77. The van der Waals surface area contributed by atoms with Gasteiger partial charge in [0.05, 0.1) is 5.69 Å². The van der Waals surface area contributed by atoms with Gasteiger partial charge in [0.25, 0.3) is 0 Å². The van der Waals surface area contributed by atoms with Crippen molar-refractivity contribution in [1.82, 2.24) is 0 Å². The Bertz CT molecular complexity index is 435. The minimum Gasteiger partial charge on any atom is -0.327 e. The smallest absolute Gasteiger partial charge is 0.225 e. The van der Waals surface area contributed by atoms with Crippen LogP contribution in [0.1, 0.15) is 19.3 Å². The minimum atomic E-state index is 0.000385. The number of carbonyl (C=O) groups is 1. The van der Waals surface area contributed by atoms with Crippen LogP contribution in [0.3, 0.4) is 0 Å². The number of anilines is 1. The molecule has 1 saturated carbocycles. The van der Waals surface area contributed by atoms with E-state index >= 15 is 0 Å². The van der Waals surface area contributed by atoms with Crippen LogP contribution in [0.15, 0.2) is 22.7 Å². The zero-order chi connectivity index (χ0) is 12.4. The number of rotatable bonds is 4. The number of hydrogen-bond donors (Lipinski definition) is 2. The van der Waals surface area contributed by atoms with Gasteiger partial charge in [0.2, 0.25) is 5.91 Å². The molecule has 1 amide bonds. The van der Waals surface area contributed by atoms with Crippen molar-refractivity contribution >= 4 is 50.1 Å². The van der Waals surface area contributed by atoms with Gasteiger partial charge in [-0.05, 0) is 59.5 Å². The summed E-state index contributed by atoms with van der Waals surface area (Å²) in [6.45, 7) is 0. The Balaban J connectivity index is 1.94. The van der Waals surface area contributed by atoms with Crippen LogP contribution in [-0.2, 0) is 4.79 Å². The molecule has 1 aliphatic rings. The van der Waals surface area contributed by atoms with Crippen LogP contribution < -0.4 is 11.1 Å². The quantitative estimate of drug-likeness (QED) is 0.752. The fourth-order valence-electron chi connectivity index (χ4n) is 1.70. The highest BCUT2D eigenvalue weighted by molar-refractivity contribution is 14.1. The number of halogens is 2. The summed E-state index contributed by atoms with van der Waals surface area (Å²) in [6.07, 6.45) is 2.75. The van der Waals surface area contributed by atoms with E-state index in [0.717, 1.165) is 13.7 Å². The summed E-state index contributed by atoms with van der Waals surface area (Å²) < 4.78 is 1.99. The van der Waals surface area contributed by atoms with Crippen LogP contribution in [-0.4, -0.2) is 11.9 Å². The average molecular weight is 409 g/mol. The van der Waals surface area contributed by atoms with Crippen molar-refractivity contribution in [3.8, 4) is 0 Å². The highest BCUT2D eigenvalue weighted by Crippen LogP contribution is 2.33. The monoisotopic (exact) mass is 408 g/mol. The van der Waals surface area contributed by atoms with Gasteiger partial charge in [-0.1, -0.05) is 15.9 Å². The maximum atomic E-state index is 11.8. The van der Waals surface area contributed by atoms with E-state index in [1.807, 2.05) is 18.2 Å². The van der Waals surface area contributed by atoms with E-state index < -0.39 is 0 Å². The van der Waals surface area contributed by atoms with Crippen LogP contribution in [0.2, 0.25) is 0 Å². The van der Waals surface area contributed by atoms with Gasteiger partial charge in [0, 0.05) is 20.5 Å². The van der Waals surface area contributed by atoms with Gasteiger partial charge in [0.1, 0.15) is 0 Å². The van der Waals surface area contributed by atoms with E-state index in [1.165, 1.54) is 12.8 Å². The lowest BCUT2D eigenvalue weighted by atomic mass is 10.1. The van der Waals surface area contributed by atoms with E-state index in [1.54, 1.807) is 0 Å². The molecule has 1 unspecified atom stereocenters. The standard InChI is InChI=1S/C12H14BrIN2O/c13-8-3-4-9(14)11(5-8)16-12(17)6-10(15)7-1-2-7/h3-5,7,10H,1-2,6,15H2,(H,16,17). The molecule has 1 fully saturated rings. The summed E-state index contributed by atoms with van der Waals surface area (Å²) in [5, 5.41) is 2.91. The number of nitrogens with two attached hydrogens (primary N) is 1. The molecule has 1 atom stereocenters. The van der Waals surface area contributed by atoms with Crippen LogP contribution in [0.5, 0.6) is 0 Å². The van der Waals surface area contributed by atoms with Crippen molar-refractivity contribution < 1.29 is 4.79 Å². The Hall–Kier alpha value is -0.140. The molecule has 2 rings (SSSR count). The number of carbonyl (C=O) groups excluding carboxylic acids is 1. The molecule has 17 heavy (non-hydrogen) atoms. The number of benzene rings is 1. The molecule has 1 aliphatic carbocycles. The summed E-state index contributed by atoms with van der Waals surface area (Å²) in [6, 6.07) is 5.83. The highest BCUT2D eigenvalue weighted by Gasteiger charge is 2.29. The van der Waals surface area contributed by atoms with E-state index in [4.69, 9.17) is 5.73 Å². The number of amides is 1. The predicted molar refractivity (Wildman–Crippen MR) is 80.8 cm³/mol. The molecule has 1 aromatic rings. The van der Waals surface area contributed by atoms with Gasteiger partial charge in [-0.2, -0.15) is 0 Å². The second-order valence-electron chi connectivity index (χ2n) is 4.38. The second kappa shape index (κ2) is 5.67. The van der Waals surface area contributed by atoms with Crippen molar-refractivity contribution in [3.05, 3.63) is 26.2 Å². The largest absolute Gasteiger partial charge is 0.327 e. The molecule has 0 bridgehead atoms. The second-order valence-corrected chi connectivity index (χ2v) is 6.46. The van der Waals surface area contributed by atoms with Gasteiger partial charge in [-0.25, -0.2) is 0 Å². The van der Waals surface area contributed by atoms with Crippen molar-refractivity contribution in [2.75, 3.05) is 5.32 Å². The highest BCUT2D eigenvalue weighted by atomic mass is 127. The first-order valence-corrected chi connectivity index (χ1v) is 7.44. The molecule has 0 aromatic heterocycles.